The molecule has 0 saturated carbocycles. The van der Waals surface area contributed by atoms with Gasteiger partial charge < -0.3 is 0 Å². The van der Waals surface area contributed by atoms with E-state index in [9.17, 15) is 12.8 Å². The Morgan fingerprint density at radius 2 is 1.65 bits per heavy atom. The molecular formula is C15H24FNO2S. The molecule has 5 heteroatoms. The van der Waals surface area contributed by atoms with E-state index in [1.807, 2.05) is 27.7 Å². The lowest BCUT2D eigenvalue weighted by Gasteiger charge is -2.25. The molecule has 1 aromatic carbocycles. The fraction of sp³-hybridized carbons (Fsp3) is 0.600. The average Bonchev–Trinajstić information content (AvgIpc) is 2.26. The molecule has 114 valence electrons. The summed E-state index contributed by atoms with van der Waals surface area (Å²) in [6.45, 7) is 8.96. The van der Waals surface area contributed by atoms with Crippen molar-refractivity contribution in [2.24, 2.45) is 11.8 Å². The van der Waals surface area contributed by atoms with Gasteiger partial charge in [-0.3, -0.25) is 0 Å². The summed E-state index contributed by atoms with van der Waals surface area (Å²) >= 11 is 0. The summed E-state index contributed by atoms with van der Waals surface area (Å²) in [6, 6.07) is 5.77. The van der Waals surface area contributed by atoms with Crippen LogP contribution in [0.2, 0.25) is 0 Å². The Labute approximate surface area is 121 Å². The van der Waals surface area contributed by atoms with E-state index >= 15 is 0 Å². The molecule has 0 N–H and O–H groups in total. The second kappa shape index (κ2) is 7.18. The quantitative estimate of drug-likeness (QED) is 0.775. The highest BCUT2D eigenvalue weighted by Crippen LogP contribution is 2.15. The lowest BCUT2D eigenvalue weighted by atomic mass is 10.2. The van der Waals surface area contributed by atoms with Crippen LogP contribution in [0.4, 0.5) is 4.39 Å². The topological polar surface area (TPSA) is 37.4 Å². The first-order chi connectivity index (χ1) is 9.20. The van der Waals surface area contributed by atoms with Crippen LogP contribution < -0.4 is 0 Å². The van der Waals surface area contributed by atoms with Gasteiger partial charge >= 0.3 is 0 Å². The highest BCUT2D eigenvalue weighted by molar-refractivity contribution is 7.88. The monoisotopic (exact) mass is 301 g/mol. The molecule has 0 bridgehead atoms. The van der Waals surface area contributed by atoms with Crippen LogP contribution in [0.25, 0.3) is 0 Å². The fourth-order valence-electron chi connectivity index (χ4n) is 2.04. The minimum atomic E-state index is -3.42. The zero-order chi connectivity index (χ0) is 15.3. The number of halogens is 1. The lowest BCUT2D eigenvalue weighted by Crippen LogP contribution is -2.37. The molecule has 0 aliphatic carbocycles. The summed E-state index contributed by atoms with van der Waals surface area (Å²) in [5.74, 6) is -0.0338. The third-order valence-corrected chi connectivity index (χ3v) is 4.55. The van der Waals surface area contributed by atoms with Crippen molar-refractivity contribution in [3.8, 4) is 0 Å². The summed E-state index contributed by atoms with van der Waals surface area (Å²) in [5, 5.41) is 0. The molecule has 0 aromatic heterocycles. The molecule has 20 heavy (non-hydrogen) atoms. The van der Waals surface area contributed by atoms with Crippen LogP contribution in [0.1, 0.15) is 33.3 Å². The van der Waals surface area contributed by atoms with Gasteiger partial charge in [-0.1, -0.05) is 39.8 Å². The van der Waals surface area contributed by atoms with Crippen LogP contribution in [0.15, 0.2) is 24.3 Å². The van der Waals surface area contributed by atoms with Gasteiger partial charge in [0, 0.05) is 13.1 Å². The standard InChI is InChI=1S/C15H24FNO2S/c1-12(2)9-17(10-13(3)4)20(18,19)11-14-6-5-7-15(16)8-14/h5-8,12-13H,9-11H2,1-4H3. The van der Waals surface area contributed by atoms with Crippen molar-refractivity contribution >= 4 is 10.0 Å². The van der Waals surface area contributed by atoms with Crippen molar-refractivity contribution in [1.82, 2.24) is 4.31 Å². The first-order valence-electron chi connectivity index (χ1n) is 6.93. The van der Waals surface area contributed by atoms with Gasteiger partial charge in [0.2, 0.25) is 10.0 Å². The van der Waals surface area contributed by atoms with E-state index in [2.05, 4.69) is 0 Å². The molecule has 0 unspecified atom stereocenters. The number of hydrogen-bond donors (Lipinski definition) is 0. The summed E-state index contributed by atoms with van der Waals surface area (Å²) in [7, 11) is -3.42. The Bertz CT molecular complexity index is 516. The number of rotatable bonds is 7. The van der Waals surface area contributed by atoms with Crippen molar-refractivity contribution in [3.63, 3.8) is 0 Å². The second-order valence-electron chi connectivity index (χ2n) is 5.99. The summed E-state index contributed by atoms with van der Waals surface area (Å²) in [6.07, 6.45) is 0. The van der Waals surface area contributed by atoms with Gasteiger partial charge in [-0.15, -0.1) is 0 Å². The predicted octanol–water partition coefficient (Wildman–Crippen LogP) is 3.27. The smallest absolute Gasteiger partial charge is 0.212 e. The van der Waals surface area contributed by atoms with E-state index in [0.29, 0.717) is 18.7 Å². The molecule has 1 rings (SSSR count). The Morgan fingerprint density at radius 1 is 1.10 bits per heavy atom. The fourth-order valence-corrected chi connectivity index (χ4v) is 3.88. The number of sulfonamides is 1. The van der Waals surface area contributed by atoms with E-state index in [0.717, 1.165) is 0 Å². The van der Waals surface area contributed by atoms with Gasteiger partial charge in [-0.2, -0.15) is 0 Å². The van der Waals surface area contributed by atoms with Crippen molar-refractivity contribution in [2.75, 3.05) is 13.1 Å². The van der Waals surface area contributed by atoms with Crippen molar-refractivity contribution in [1.29, 1.82) is 0 Å². The number of hydrogen-bond acceptors (Lipinski definition) is 2. The van der Waals surface area contributed by atoms with Crippen LogP contribution in [-0.4, -0.2) is 25.8 Å². The van der Waals surface area contributed by atoms with Crippen LogP contribution in [-0.2, 0) is 15.8 Å². The zero-order valence-electron chi connectivity index (χ0n) is 12.6. The Morgan fingerprint density at radius 3 is 2.10 bits per heavy atom. The number of benzene rings is 1. The van der Waals surface area contributed by atoms with E-state index in [-0.39, 0.29) is 17.6 Å². The minimum absolute atomic E-state index is 0.149. The molecule has 0 saturated heterocycles. The van der Waals surface area contributed by atoms with Crippen LogP contribution in [0, 0.1) is 17.7 Å². The van der Waals surface area contributed by atoms with Crippen LogP contribution >= 0.6 is 0 Å². The van der Waals surface area contributed by atoms with E-state index < -0.39 is 15.8 Å². The number of nitrogens with zero attached hydrogens (tertiary/aromatic N) is 1. The SMILES string of the molecule is CC(C)CN(CC(C)C)S(=O)(=O)Cc1cccc(F)c1. The molecule has 0 spiro atoms. The normalized spacial score (nSPS) is 12.6. The Kier molecular flexibility index (Phi) is 6.14. The first-order valence-corrected chi connectivity index (χ1v) is 8.54. The molecule has 0 aliphatic rings. The van der Waals surface area contributed by atoms with E-state index in [1.165, 1.54) is 22.5 Å². The summed E-state index contributed by atoms with van der Waals surface area (Å²) in [5.41, 5.74) is 0.488. The van der Waals surface area contributed by atoms with Gasteiger partial charge in [0.15, 0.2) is 0 Å². The second-order valence-corrected chi connectivity index (χ2v) is 7.96. The Balaban J connectivity index is 2.92. The van der Waals surface area contributed by atoms with E-state index in [4.69, 9.17) is 0 Å². The van der Waals surface area contributed by atoms with Crippen LogP contribution in [0.5, 0.6) is 0 Å². The molecule has 0 fully saturated rings. The largest absolute Gasteiger partial charge is 0.218 e. The van der Waals surface area contributed by atoms with E-state index in [1.54, 1.807) is 6.07 Å². The van der Waals surface area contributed by atoms with Gasteiger partial charge in [-0.05, 0) is 29.5 Å². The maximum absolute atomic E-state index is 13.2. The van der Waals surface area contributed by atoms with Crippen molar-refractivity contribution in [2.45, 2.75) is 33.4 Å². The molecule has 3 nitrogen and oxygen atoms in total. The average molecular weight is 301 g/mol. The molecule has 0 atom stereocenters. The zero-order valence-corrected chi connectivity index (χ0v) is 13.5. The maximum Gasteiger partial charge on any atom is 0.218 e. The Hall–Kier alpha value is -0.940. The molecule has 0 heterocycles. The van der Waals surface area contributed by atoms with Crippen LogP contribution in [0.3, 0.4) is 0 Å². The highest BCUT2D eigenvalue weighted by atomic mass is 32.2. The molecule has 1 aromatic rings. The summed E-state index contributed by atoms with van der Waals surface area (Å²) < 4.78 is 39.6. The molecule has 0 radical (unpaired) electrons. The predicted molar refractivity (Wildman–Crippen MR) is 80.3 cm³/mol. The highest BCUT2D eigenvalue weighted by Gasteiger charge is 2.24. The van der Waals surface area contributed by atoms with Crippen molar-refractivity contribution in [3.05, 3.63) is 35.6 Å². The first kappa shape index (κ1) is 17.1. The van der Waals surface area contributed by atoms with Gasteiger partial charge in [-0.25, -0.2) is 17.1 Å². The summed E-state index contributed by atoms with van der Waals surface area (Å²) in [4.78, 5) is 0. The van der Waals surface area contributed by atoms with Gasteiger partial charge in [0.1, 0.15) is 5.82 Å². The maximum atomic E-state index is 13.2. The molecular weight excluding hydrogens is 277 g/mol. The lowest BCUT2D eigenvalue weighted by molar-refractivity contribution is 0.333. The van der Waals surface area contributed by atoms with Gasteiger partial charge in [0.05, 0.1) is 5.75 Å². The third-order valence-electron chi connectivity index (χ3n) is 2.77. The molecule has 0 amide bonds. The van der Waals surface area contributed by atoms with Crippen molar-refractivity contribution < 1.29 is 12.8 Å². The van der Waals surface area contributed by atoms with Gasteiger partial charge in [0.25, 0.3) is 0 Å². The minimum Gasteiger partial charge on any atom is -0.212 e. The third kappa shape index (κ3) is 5.59. The molecule has 0 aliphatic heterocycles.